The molecule has 0 bridgehead atoms. The van der Waals surface area contributed by atoms with Crippen molar-refractivity contribution in [1.29, 1.82) is 0 Å². The van der Waals surface area contributed by atoms with E-state index in [9.17, 15) is 4.79 Å². The second-order valence-corrected chi connectivity index (χ2v) is 5.95. The third-order valence-corrected chi connectivity index (χ3v) is 4.09. The van der Waals surface area contributed by atoms with Crippen LogP contribution in [0.2, 0.25) is 0 Å². The molecule has 0 aliphatic carbocycles. The summed E-state index contributed by atoms with van der Waals surface area (Å²) in [5, 5.41) is 3.40. The van der Waals surface area contributed by atoms with E-state index in [4.69, 9.17) is 4.74 Å². The van der Waals surface area contributed by atoms with Gasteiger partial charge in [-0.1, -0.05) is 26.2 Å². The van der Waals surface area contributed by atoms with E-state index in [1.807, 2.05) is 12.3 Å². The first-order valence-corrected chi connectivity index (χ1v) is 8.34. The van der Waals surface area contributed by atoms with Crippen LogP contribution >= 0.6 is 0 Å². The van der Waals surface area contributed by atoms with Crippen LogP contribution in [0.4, 0.5) is 0 Å². The van der Waals surface area contributed by atoms with E-state index >= 15 is 0 Å². The van der Waals surface area contributed by atoms with Crippen LogP contribution < -0.4 is 15.6 Å². The fourth-order valence-electron chi connectivity index (χ4n) is 2.84. The summed E-state index contributed by atoms with van der Waals surface area (Å²) in [6.07, 6.45) is 8.92. The predicted octanol–water partition coefficient (Wildman–Crippen LogP) is 2.81. The molecule has 1 fully saturated rings. The van der Waals surface area contributed by atoms with Gasteiger partial charge >= 0.3 is 0 Å². The van der Waals surface area contributed by atoms with Crippen molar-refractivity contribution in [1.82, 2.24) is 9.88 Å². The van der Waals surface area contributed by atoms with Crippen LogP contribution in [0.25, 0.3) is 0 Å². The molecule has 2 rings (SSSR count). The van der Waals surface area contributed by atoms with Crippen LogP contribution in [0.3, 0.4) is 0 Å². The Labute approximate surface area is 127 Å². The number of ether oxygens (including phenoxy) is 1. The lowest BCUT2D eigenvalue weighted by Gasteiger charge is -2.23. The zero-order chi connectivity index (χ0) is 14.9. The minimum absolute atomic E-state index is 0.0126. The number of rotatable bonds is 8. The maximum Gasteiger partial charge on any atom is 0.292 e. The molecular formula is C17H28N2O2. The van der Waals surface area contributed by atoms with Gasteiger partial charge in [-0.3, -0.25) is 4.79 Å². The molecule has 2 heterocycles. The Morgan fingerprint density at radius 3 is 3.05 bits per heavy atom. The summed E-state index contributed by atoms with van der Waals surface area (Å²) >= 11 is 0. The fourth-order valence-corrected chi connectivity index (χ4v) is 2.84. The van der Waals surface area contributed by atoms with Crippen LogP contribution in [0, 0.1) is 5.92 Å². The number of hydrogen-bond acceptors (Lipinski definition) is 3. The van der Waals surface area contributed by atoms with E-state index in [-0.39, 0.29) is 5.56 Å². The van der Waals surface area contributed by atoms with Crippen LogP contribution in [0.15, 0.2) is 23.1 Å². The van der Waals surface area contributed by atoms with Crippen molar-refractivity contribution < 1.29 is 4.74 Å². The minimum atomic E-state index is 0.0126. The Hall–Kier alpha value is -1.29. The minimum Gasteiger partial charge on any atom is -0.488 e. The number of nitrogens with one attached hydrogen (secondary N) is 1. The highest BCUT2D eigenvalue weighted by Crippen LogP contribution is 2.12. The molecule has 4 nitrogen and oxygen atoms in total. The van der Waals surface area contributed by atoms with Crippen molar-refractivity contribution in [2.45, 2.75) is 52.0 Å². The highest BCUT2D eigenvalue weighted by molar-refractivity contribution is 5.17. The Morgan fingerprint density at radius 2 is 2.29 bits per heavy atom. The first-order chi connectivity index (χ1) is 10.3. The van der Waals surface area contributed by atoms with Gasteiger partial charge in [-0.2, -0.15) is 0 Å². The SMILES string of the molecule is CCCCCCOc1cccn(CC2CCCNC2)c1=O. The number of hydrogen-bond donors (Lipinski definition) is 1. The van der Waals surface area contributed by atoms with E-state index in [0.29, 0.717) is 18.3 Å². The summed E-state index contributed by atoms with van der Waals surface area (Å²) in [6, 6.07) is 3.71. The molecule has 1 aromatic rings. The maximum absolute atomic E-state index is 12.4. The number of nitrogens with zero attached hydrogens (tertiary/aromatic N) is 1. The summed E-state index contributed by atoms with van der Waals surface area (Å²) < 4.78 is 7.47. The summed E-state index contributed by atoms with van der Waals surface area (Å²) in [5.41, 5.74) is 0.0126. The molecular weight excluding hydrogens is 264 g/mol. The van der Waals surface area contributed by atoms with Crippen LogP contribution in [0.5, 0.6) is 5.75 Å². The third kappa shape index (κ3) is 5.20. The Balaban J connectivity index is 1.87. The topological polar surface area (TPSA) is 43.3 Å². The summed E-state index contributed by atoms with van der Waals surface area (Å²) in [5.74, 6) is 1.05. The van der Waals surface area contributed by atoms with Crippen molar-refractivity contribution in [3.8, 4) is 5.75 Å². The molecule has 21 heavy (non-hydrogen) atoms. The molecule has 1 atom stereocenters. The second-order valence-electron chi connectivity index (χ2n) is 5.95. The highest BCUT2D eigenvalue weighted by atomic mass is 16.5. The molecule has 1 unspecified atom stereocenters. The maximum atomic E-state index is 12.4. The van der Waals surface area contributed by atoms with Gasteiger partial charge in [-0.15, -0.1) is 0 Å². The van der Waals surface area contributed by atoms with E-state index in [0.717, 1.165) is 26.1 Å². The quantitative estimate of drug-likeness (QED) is 0.749. The Morgan fingerprint density at radius 1 is 1.38 bits per heavy atom. The average molecular weight is 292 g/mol. The molecule has 4 heteroatoms. The number of unbranched alkanes of at least 4 members (excludes halogenated alkanes) is 3. The molecule has 1 aliphatic rings. The zero-order valence-electron chi connectivity index (χ0n) is 13.1. The van der Waals surface area contributed by atoms with Crippen LogP contribution in [-0.2, 0) is 6.54 Å². The fraction of sp³-hybridized carbons (Fsp3) is 0.706. The van der Waals surface area contributed by atoms with Crippen LogP contribution in [-0.4, -0.2) is 24.3 Å². The highest BCUT2D eigenvalue weighted by Gasteiger charge is 2.14. The van der Waals surface area contributed by atoms with E-state index in [1.54, 1.807) is 10.6 Å². The molecule has 0 aromatic carbocycles. The monoisotopic (exact) mass is 292 g/mol. The molecule has 1 aliphatic heterocycles. The van der Waals surface area contributed by atoms with Gasteiger partial charge in [0.2, 0.25) is 0 Å². The third-order valence-electron chi connectivity index (χ3n) is 4.09. The van der Waals surface area contributed by atoms with E-state index < -0.39 is 0 Å². The molecule has 0 amide bonds. The second kappa shape index (κ2) is 8.88. The lowest BCUT2D eigenvalue weighted by molar-refractivity contribution is 0.292. The van der Waals surface area contributed by atoms with Crippen molar-refractivity contribution in [2.75, 3.05) is 19.7 Å². The normalized spacial score (nSPS) is 18.6. The lowest BCUT2D eigenvalue weighted by Crippen LogP contribution is -2.34. The van der Waals surface area contributed by atoms with E-state index in [1.165, 1.54) is 32.1 Å². The predicted molar refractivity (Wildman–Crippen MR) is 85.9 cm³/mol. The molecule has 118 valence electrons. The van der Waals surface area contributed by atoms with E-state index in [2.05, 4.69) is 12.2 Å². The summed E-state index contributed by atoms with van der Waals surface area (Å²) in [6.45, 7) is 5.74. The average Bonchev–Trinajstić information content (AvgIpc) is 2.51. The summed E-state index contributed by atoms with van der Waals surface area (Å²) in [7, 11) is 0. The molecule has 1 N–H and O–H groups in total. The van der Waals surface area contributed by atoms with Gasteiger partial charge < -0.3 is 14.6 Å². The van der Waals surface area contributed by atoms with Gasteiger partial charge in [0.25, 0.3) is 5.56 Å². The van der Waals surface area contributed by atoms with Gasteiger partial charge in [0.05, 0.1) is 6.61 Å². The molecule has 1 saturated heterocycles. The van der Waals surface area contributed by atoms with Crippen molar-refractivity contribution in [3.05, 3.63) is 28.7 Å². The van der Waals surface area contributed by atoms with Crippen molar-refractivity contribution in [2.24, 2.45) is 5.92 Å². The number of aromatic nitrogens is 1. The Kier molecular flexibility index (Phi) is 6.80. The lowest BCUT2D eigenvalue weighted by atomic mass is 10.00. The molecule has 1 aromatic heterocycles. The van der Waals surface area contributed by atoms with Gasteiger partial charge in [0, 0.05) is 12.7 Å². The first-order valence-electron chi connectivity index (χ1n) is 8.34. The first kappa shape index (κ1) is 16.1. The van der Waals surface area contributed by atoms with Gasteiger partial charge in [0.15, 0.2) is 5.75 Å². The summed E-state index contributed by atoms with van der Waals surface area (Å²) in [4.78, 5) is 12.4. The largest absolute Gasteiger partial charge is 0.488 e. The number of pyridine rings is 1. The molecule has 0 spiro atoms. The number of piperidine rings is 1. The van der Waals surface area contributed by atoms with Gasteiger partial charge in [-0.25, -0.2) is 0 Å². The van der Waals surface area contributed by atoms with Crippen molar-refractivity contribution >= 4 is 0 Å². The molecule has 0 saturated carbocycles. The Bertz CT molecular complexity index is 464. The van der Waals surface area contributed by atoms with Crippen LogP contribution in [0.1, 0.15) is 45.4 Å². The standard InChI is InChI=1S/C17H28N2O2/c1-2-3-4-5-12-21-16-9-7-11-19(17(16)20)14-15-8-6-10-18-13-15/h7,9,11,15,18H,2-6,8,10,12-14H2,1H3. The van der Waals surface area contributed by atoms with Gasteiger partial charge in [-0.05, 0) is 50.4 Å². The zero-order valence-corrected chi connectivity index (χ0v) is 13.1. The van der Waals surface area contributed by atoms with Gasteiger partial charge in [0.1, 0.15) is 0 Å². The smallest absolute Gasteiger partial charge is 0.292 e. The van der Waals surface area contributed by atoms with Crippen molar-refractivity contribution in [3.63, 3.8) is 0 Å². The molecule has 0 radical (unpaired) electrons.